The summed E-state index contributed by atoms with van der Waals surface area (Å²) in [5.41, 5.74) is 0.263. The fourth-order valence-electron chi connectivity index (χ4n) is 3.17. The number of carboxylic acids is 1. The molecule has 0 spiro atoms. The van der Waals surface area contributed by atoms with E-state index < -0.39 is 29.8 Å². The molecule has 2 atom stereocenters. The molecule has 2 N–H and O–H groups in total. The largest absolute Gasteiger partial charge is 0.478 e. The van der Waals surface area contributed by atoms with Crippen LogP contribution in [0.5, 0.6) is 0 Å². The van der Waals surface area contributed by atoms with Gasteiger partial charge in [-0.3, -0.25) is 4.98 Å². The van der Waals surface area contributed by atoms with Crippen LogP contribution in [-0.2, 0) is 14.3 Å². The maximum absolute atomic E-state index is 14.1. The van der Waals surface area contributed by atoms with Crippen LogP contribution in [0.15, 0.2) is 34.9 Å². The Kier molecular flexibility index (Phi) is 3.82. The lowest BCUT2D eigenvalue weighted by atomic mass is 9.79. The summed E-state index contributed by atoms with van der Waals surface area (Å²) in [6, 6.07) is 0. The van der Waals surface area contributed by atoms with Crippen molar-refractivity contribution in [2.24, 2.45) is 0 Å². The Bertz CT molecular complexity index is 812. The number of aromatic nitrogens is 1. The molecule has 0 saturated heterocycles. The Balaban J connectivity index is 2.29. The Morgan fingerprint density at radius 2 is 2.21 bits per heavy atom. The van der Waals surface area contributed by atoms with E-state index in [1.54, 1.807) is 0 Å². The molecule has 1 aromatic heterocycles. The van der Waals surface area contributed by atoms with Gasteiger partial charge in [0.15, 0.2) is 0 Å². The minimum absolute atomic E-state index is 0.00889. The lowest BCUT2D eigenvalue weighted by molar-refractivity contribution is -0.136. The number of esters is 1. The Hall–Kier alpha value is -2.77. The number of hydrogen-bond acceptors (Lipinski definition) is 5. The van der Waals surface area contributed by atoms with E-state index >= 15 is 0 Å². The lowest BCUT2D eigenvalue weighted by Gasteiger charge is -2.28. The predicted molar refractivity (Wildman–Crippen MR) is 77.9 cm³/mol. The third kappa shape index (κ3) is 2.34. The number of hydrogen-bond donors (Lipinski definition) is 2. The van der Waals surface area contributed by atoms with E-state index in [4.69, 9.17) is 4.74 Å². The van der Waals surface area contributed by atoms with Gasteiger partial charge in [-0.25, -0.2) is 18.4 Å². The van der Waals surface area contributed by atoms with Crippen LogP contribution in [0, 0.1) is 5.82 Å². The SMILES string of the molecule is CC1=C(C(=O)O)[C@@H](c2cncc(F)c2C(C)F)C2=C(COC2=O)N1. The van der Waals surface area contributed by atoms with Crippen molar-refractivity contribution in [1.82, 2.24) is 10.3 Å². The highest BCUT2D eigenvalue weighted by molar-refractivity contribution is 6.00. The van der Waals surface area contributed by atoms with Gasteiger partial charge < -0.3 is 15.2 Å². The molecular formula is C16H14F2N2O4. The number of allylic oxidation sites excluding steroid dienone is 1. The molecule has 0 fully saturated rings. The minimum atomic E-state index is -1.70. The molecule has 2 aliphatic heterocycles. The molecule has 0 aliphatic carbocycles. The van der Waals surface area contributed by atoms with Crippen LogP contribution in [0.25, 0.3) is 0 Å². The molecule has 126 valence electrons. The van der Waals surface area contributed by atoms with Gasteiger partial charge in [-0.15, -0.1) is 0 Å². The highest BCUT2D eigenvalue weighted by atomic mass is 19.1. The first-order valence-electron chi connectivity index (χ1n) is 7.21. The predicted octanol–water partition coefficient (Wildman–Crippen LogP) is 2.11. The number of cyclic esters (lactones) is 1. The van der Waals surface area contributed by atoms with Gasteiger partial charge in [0, 0.05) is 17.5 Å². The van der Waals surface area contributed by atoms with E-state index in [9.17, 15) is 23.5 Å². The first-order chi connectivity index (χ1) is 11.3. The number of halogens is 2. The second-order valence-electron chi connectivity index (χ2n) is 5.61. The highest BCUT2D eigenvalue weighted by Crippen LogP contribution is 2.43. The van der Waals surface area contributed by atoms with E-state index in [0.717, 1.165) is 13.1 Å². The van der Waals surface area contributed by atoms with Crippen LogP contribution in [0.2, 0.25) is 0 Å². The van der Waals surface area contributed by atoms with Crippen molar-refractivity contribution < 1.29 is 28.2 Å². The van der Waals surface area contributed by atoms with Crippen LogP contribution in [0.4, 0.5) is 8.78 Å². The zero-order valence-electron chi connectivity index (χ0n) is 12.9. The Morgan fingerprint density at radius 3 is 2.83 bits per heavy atom. The average Bonchev–Trinajstić information content (AvgIpc) is 2.85. The maximum Gasteiger partial charge on any atom is 0.337 e. The topological polar surface area (TPSA) is 88.5 Å². The Morgan fingerprint density at radius 1 is 1.50 bits per heavy atom. The molecular weight excluding hydrogens is 322 g/mol. The van der Waals surface area contributed by atoms with Gasteiger partial charge >= 0.3 is 11.9 Å². The molecule has 0 aromatic carbocycles. The van der Waals surface area contributed by atoms with Gasteiger partial charge in [-0.05, 0) is 19.4 Å². The zero-order chi connectivity index (χ0) is 17.6. The summed E-state index contributed by atoms with van der Waals surface area (Å²) in [7, 11) is 0. The molecule has 3 rings (SSSR count). The van der Waals surface area contributed by atoms with Crippen LogP contribution >= 0.6 is 0 Å². The third-order valence-electron chi connectivity index (χ3n) is 4.12. The number of alkyl halides is 1. The maximum atomic E-state index is 14.1. The van der Waals surface area contributed by atoms with Crippen LogP contribution in [-0.4, -0.2) is 28.6 Å². The number of nitrogens with zero attached hydrogens (tertiary/aromatic N) is 1. The van der Waals surface area contributed by atoms with Crippen molar-refractivity contribution in [3.05, 3.63) is 51.9 Å². The van der Waals surface area contributed by atoms with E-state index in [0.29, 0.717) is 5.70 Å². The number of nitrogens with one attached hydrogen (secondary N) is 1. The van der Waals surface area contributed by atoms with Crippen molar-refractivity contribution in [3.8, 4) is 0 Å². The minimum Gasteiger partial charge on any atom is -0.478 e. The van der Waals surface area contributed by atoms with Crippen molar-refractivity contribution in [2.45, 2.75) is 25.9 Å². The number of carbonyl (C=O) groups is 2. The number of dihydropyridines is 1. The number of carboxylic acid groups (broad SMARTS) is 1. The molecule has 0 bridgehead atoms. The van der Waals surface area contributed by atoms with Crippen molar-refractivity contribution in [1.29, 1.82) is 0 Å². The second-order valence-corrected chi connectivity index (χ2v) is 5.61. The van der Waals surface area contributed by atoms with Crippen molar-refractivity contribution in [2.75, 3.05) is 6.61 Å². The second kappa shape index (κ2) is 5.70. The van der Waals surface area contributed by atoms with E-state index in [1.165, 1.54) is 13.1 Å². The van der Waals surface area contributed by atoms with Gasteiger partial charge in [0.25, 0.3) is 0 Å². The van der Waals surface area contributed by atoms with E-state index in [1.807, 2.05) is 0 Å². The van der Waals surface area contributed by atoms with Crippen molar-refractivity contribution >= 4 is 11.9 Å². The molecule has 0 saturated carbocycles. The summed E-state index contributed by atoms with van der Waals surface area (Å²) < 4.78 is 33.1. The normalized spacial score (nSPS) is 21.3. The first-order valence-corrected chi connectivity index (χ1v) is 7.21. The smallest absolute Gasteiger partial charge is 0.337 e. The zero-order valence-corrected chi connectivity index (χ0v) is 12.9. The summed E-state index contributed by atoms with van der Waals surface area (Å²) in [6.45, 7) is 2.62. The van der Waals surface area contributed by atoms with E-state index in [2.05, 4.69) is 10.3 Å². The Labute approximate surface area is 135 Å². The lowest BCUT2D eigenvalue weighted by Crippen LogP contribution is -2.30. The molecule has 1 aromatic rings. The molecule has 24 heavy (non-hydrogen) atoms. The van der Waals surface area contributed by atoms with Gasteiger partial charge in [0.05, 0.1) is 29.0 Å². The van der Waals surface area contributed by atoms with Gasteiger partial charge in [0.2, 0.25) is 0 Å². The monoisotopic (exact) mass is 336 g/mol. The van der Waals surface area contributed by atoms with Crippen LogP contribution in [0.3, 0.4) is 0 Å². The summed E-state index contributed by atoms with van der Waals surface area (Å²) in [5.74, 6) is -4.05. The molecule has 8 heteroatoms. The van der Waals surface area contributed by atoms with Gasteiger partial charge in [-0.1, -0.05) is 0 Å². The molecule has 3 heterocycles. The molecule has 1 unspecified atom stereocenters. The number of ether oxygens (including phenoxy) is 1. The molecule has 6 nitrogen and oxygen atoms in total. The first kappa shape index (κ1) is 16.1. The third-order valence-corrected chi connectivity index (χ3v) is 4.12. The number of aliphatic carboxylic acids is 1. The van der Waals surface area contributed by atoms with Gasteiger partial charge in [0.1, 0.15) is 18.6 Å². The van der Waals surface area contributed by atoms with Crippen molar-refractivity contribution in [3.63, 3.8) is 0 Å². The molecule has 2 aliphatic rings. The van der Waals surface area contributed by atoms with Crippen LogP contribution in [0.1, 0.15) is 37.1 Å². The number of rotatable bonds is 3. The average molecular weight is 336 g/mol. The van der Waals surface area contributed by atoms with E-state index in [-0.39, 0.29) is 34.6 Å². The van der Waals surface area contributed by atoms with Gasteiger partial charge in [-0.2, -0.15) is 0 Å². The highest BCUT2D eigenvalue weighted by Gasteiger charge is 2.43. The standard InChI is InChI=1S/C16H14F2N2O4/c1-6(17)11-8(3-19-4-9(11)18)13-12(15(21)22)7(2)20-10-5-24-16(23)14(10)13/h3-4,6,13,20H,5H2,1-2H3,(H,21,22)/t6?,13-/m1/s1. The number of pyridine rings is 1. The number of carbonyl (C=O) groups excluding carboxylic acids is 1. The summed E-state index contributed by atoms with van der Waals surface area (Å²) >= 11 is 0. The molecule has 0 amide bonds. The summed E-state index contributed by atoms with van der Waals surface area (Å²) in [5, 5.41) is 12.4. The fraction of sp³-hybridized carbons (Fsp3) is 0.312. The molecule has 0 radical (unpaired) electrons. The summed E-state index contributed by atoms with van der Waals surface area (Å²) in [4.78, 5) is 27.5. The summed E-state index contributed by atoms with van der Waals surface area (Å²) in [6.07, 6.45) is 0.348. The fourth-order valence-corrected chi connectivity index (χ4v) is 3.17. The quantitative estimate of drug-likeness (QED) is 0.822. The van der Waals surface area contributed by atoms with Crippen LogP contribution < -0.4 is 5.32 Å².